The molecule has 100 valence electrons. The normalized spacial score (nSPS) is 26.3. The predicted octanol–water partition coefficient (Wildman–Crippen LogP) is 3.51. The highest BCUT2D eigenvalue weighted by Crippen LogP contribution is 2.54. The van der Waals surface area contributed by atoms with Crippen molar-refractivity contribution in [2.45, 2.75) is 18.8 Å². The average Bonchev–Trinajstić information content (AvgIpc) is 3.01. The third kappa shape index (κ3) is 3.00. The first-order valence-electron chi connectivity index (χ1n) is 6.23. The Morgan fingerprint density at radius 1 is 1.39 bits per heavy atom. The van der Waals surface area contributed by atoms with Crippen LogP contribution in [0.5, 0.6) is 0 Å². The molecule has 2 nitrogen and oxygen atoms in total. The summed E-state index contributed by atoms with van der Waals surface area (Å²) in [6.07, 6.45) is 1.20. The van der Waals surface area contributed by atoms with Crippen LogP contribution in [0.4, 0.5) is 0 Å². The van der Waals surface area contributed by atoms with E-state index >= 15 is 0 Å². The summed E-state index contributed by atoms with van der Waals surface area (Å²) in [6, 6.07) is 5.97. The summed E-state index contributed by atoms with van der Waals surface area (Å²) in [7, 11) is 1.72. The van der Waals surface area contributed by atoms with Crippen LogP contribution in [0.2, 0.25) is 10.0 Å². The lowest BCUT2D eigenvalue weighted by atomic mass is 9.95. The van der Waals surface area contributed by atoms with Crippen molar-refractivity contribution in [3.8, 4) is 0 Å². The molecule has 1 aliphatic carbocycles. The molecular weight excluding hydrogens is 269 g/mol. The lowest BCUT2D eigenvalue weighted by Crippen LogP contribution is -2.23. The van der Waals surface area contributed by atoms with Crippen molar-refractivity contribution in [3.63, 3.8) is 0 Å². The second kappa shape index (κ2) is 5.79. The van der Waals surface area contributed by atoms with E-state index < -0.39 is 0 Å². The molecular formula is C14H19Cl2NO. The molecule has 1 fully saturated rings. The minimum absolute atomic E-state index is 0.244. The summed E-state index contributed by atoms with van der Waals surface area (Å²) < 4.78 is 5.01. The Morgan fingerprint density at radius 3 is 2.83 bits per heavy atom. The minimum atomic E-state index is 0.244. The van der Waals surface area contributed by atoms with Gasteiger partial charge in [-0.2, -0.15) is 0 Å². The first-order chi connectivity index (χ1) is 8.58. The molecule has 4 heteroatoms. The SMILES string of the molecule is COCCNCC1CC1(C)c1ccc(Cl)c(Cl)c1. The first-order valence-corrected chi connectivity index (χ1v) is 6.98. The largest absolute Gasteiger partial charge is 0.383 e. The van der Waals surface area contributed by atoms with Gasteiger partial charge >= 0.3 is 0 Å². The van der Waals surface area contributed by atoms with E-state index in [1.54, 1.807) is 7.11 Å². The van der Waals surface area contributed by atoms with Gasteiger partial charge in [0.2, 0.25) is 0 Å². The van der Waals surface area contributed by atoms with E-state index in [2.05, 4.69) is 18.3 Å². The molecule has 1 aromatic rings. The lowest BCUT2D eigenvalue weighted by molar-refractivity contribution is 0.199. The monoisotopic (exact) mass is 287 g/mol. The van der Waals surface area contributed by atoms with Crippen LogP contribution in [0.3, 0.4) is 0 Å². The fraction of sp³-hybridized carbons (Fsp3) is 0.571. The number of benzene rings is 1. The zero-order valence-electron chi connectivity index (χ0n) is 10.8. The Bertz CT molecular complexity index is 424. The van der Waals surface area contributed by atoms with Gasteiger partial charge in [0.25, 0.3) is 0 Å². The fourth-order valence-corrected chi connectivity index (χ4v) is 2.70. The van der Waals surface area contributed by atoms with E-state index in [1.165, 1.54) is 12.0 Å². The number of methoxy groups -OCH3 is 1. The Hall–Kier alpha value is -0.280. The summed E-state index contributed by atoms with van der Waals surface area (Å²) in [5, 5.41) is 4.69. The molecule has 0 heterocycles. The third-order valence-electron chi connectivity index (χ3n) is 3.86. The maximum atomic E-state index is 6.08. The Labute approximate surface area is 119 Å². The van der Waals surface area contributed by atoms with Gasteiger partial charge in [-0.05, 0) is 42.0 Å². The van der Waals surface area contributed by atoms with Crippen molar-refractivity contribution in [2.24, 2.45) is 5.92 Å². The second-order valence-corrected chi connectivity index (χ2v) is 5.96. The highest BCUT2D eigenvalue weighted by atomic mass is 35.5. The topological polar surface area (TPSA) is 21.3 Å². The van der Waals surface area contributed by atoms with Gasteiger partial charge in [0.15, 0.2) is 0 Å². The maximum Gasteiger partial charge on any atom is 0.0595 e. The van der Waals surface area contributed by atoms with Gasteiger partial charge in [0, 0.05) is 13.7 Å². The summed E-state index contributed by atoms with van der Waals surface area (Å²) in [5.41, 5.74) is 1.53. The lowest BCUT2D eigenvalue weighted by Gasteiger charge is -2.13. The van der Waals surface area contributed by atoms with Gasteiger partial charge in [-0.3, -0.25) is 0 Å². The zero-order valence-corrected chi connectivity index (χ0v) is 12.3. The number of halogens is 2. The molecule has 0 aromatic heterocycles. The molecule has 1 saturated carbocycles. The van der Waals surface area contributed by atoms with Crippen LogP contribution in [0.1, 0.15) is 18.9 Å². The zero-order chi connectivity index (χ0) is 13.2. The smallest absolute Gasteiger partial charge is 0.0595 e. The summed E-state index contributed by atoms with van der Waals surface area (Å²) >= 11 is 12.0. The molecule has 1 N–H and O–H groups in total. The summed E-state index contributed by atoms with van der Waals surface area (Å²) in [4.78, 5) is 0. The first kappa shape index (κ1) is 14.1. The Kier molecular flexibility index (Phi) is 4.54. The standard InChI is InChI=1S/C14H19Cl2NO/c1-14(8-11(14)9-17-5-6-18-2)10-3-4-12(15)13(16)7-10/h3-4,7,11,17H,5-6,8-9H2,1-2H3. The van der Waals surface area contributed by atoms with E-state index in [4.69, 9.17) is 27.9 Å². The van der Waals surface area contributed by atoms with Crippen LogP contribution in [0.25, 0.3) is 0 Å². The van der Waals surface area contributed by atoms with Crippen LogP contribution in [0, 0.1) is 5.92 Å². The van der Waals surface area contributed by atoms with Crippen molar-refractivity contribution in [1.82, 2.24) is 5.32 Å². The second-order valence-electron chi connectivity index (χ2n) is 5.14. The molecule has 0 amide bonds. The molecule has 1 aliphatic rings. The molecule has 1 aromatic carbocycles. The predicted molar refractivity (Wildman–Crippen MR) is 76.7 cm³/mol. The van der Waals surface area contributed by atoms with Crippen molar-refractivity contribution >= 4 is 23.2 Å². The van der Waals surface area contributed by atoms with Gasteiger partial charge in [0.1, 0.15) is 0 Å². The quantitative estimate of drug-likeness (QED) is 0.809. The minimum Gasteiger partial charge on any atom is -0.383 e. The number of hydrogen-bond donors (Lipinski definition) is 1. The van der Waals surface area contributed by atoms with Crippen LogP contribution >= 0.6 is 23.2 Å². The van der Waals surface area contributed by atoms with Crippen molar-refractivity contribution in [1.29, 1.82) is 0 Å². The summed E-state index contributed by atoms with van der Waals surface area (Å²) in [6.45, 7) is 4.98. The van der Waals surface area contributed by atoms with Crippen LogP contribution in [0.15, 0.2) is 18.2 Å². The van der Waals surface area contributed by atoms with Gasteiger partial charge in [-0.25, -0.2) is 0 Å². The van der Waals surface area contributed by atoms with Crippen molar-refractivity contribution < 1.29 is 4.74 Å². The van der Waals surface area contributed by atoms with Gasteiger partial charge in [-0.15, -0.1) is 0 Å². The van der Waals surface area contributed by atoms with Gasteiger partial charge < -0.3 is 10.1 Å². The van der Waals surface area contributed by atoms with Crippen molar-refractivity contribution in [2.75, 3.05) is 26.8 Å². The molecule has 0 spiro atoms. The molecule has 0 aliphatic heterocycles. The number of nitrogens with one attached hydrogen (secondary N) is 1. The van der Waals surface area contributed by atoms with Crippen LogP contribution in [-0.4, -0.2) is 26.8 Å². The number of hydrogen-bond acceptors (Lipinski definition) is 2. The van der Waals surface area contributed by atoms with Gasteiger partial charge in [-0.1, -0.05) is 36.2 Å². The van der Waals surface area contributed by atoms with E-state index in [0.717, 1.165) is 19.7 Å². The highest BCUT2D eigenvalue weighted by Gasteiger charge is 2.50. The maximum absolute atomic E-state index is 6.08. The van der Waals surface area contributed by atoms with E-state index in [-0.39, 0.29) is 5.41 Å². The number of rotatable bonds is 6. The molecule has 0 bridgehead atoms. The fourth-order valence-electron chi connectivity index (χ4n) is 2.41. The van der Waals surface area contributed by atoms with E-state index in [0.29, 0.717) is 16.0 Å². The van der Waals surface area contributed by atoms with Crippen LogP contribution in [-0.2, 0) is 10.2 Å². The highest BCUT2D eigenvalue weighted by molar-refractivity contribution is 6.42. The molecule has 0 radical (unpaired) electrons. The molecule has 2 unspecified atom stereocenters. The third-order valence-corrected chi connectivity index (χ3v) is 4.60. The average molecular weight is 288 g/mol. The van der Waals surface area contributed by atoms with Crippen LogP contribution < -0.4 is 5.32 Å². The molecule has 18 heavy (non-hydrogen) atoms. The number of ether oxygens (including phenoxy) is 1. The summed E-state index contributed by atoms with van der Waals surface area (Å²) in [5.74, 6) is 0.673. The Morgan fingerprint density at radius 2 is 2.17 bits per heavy atom. The van der Waals surface area contributed by atoms with Crippen molar-refractivity contribution in [3.05, 3.63) is 33.8 Å². The van der Waals surface area contributed by atoms with E-state index in [1.807, 2.05) is 12.1 Å². The molecule has 2 rings (SSSR count). The van der Waals surface area contributed by atoms with Gasteiger partial charge in [0.05, 0.1) is 16.7 Å². The Balaban J connectivity index is 1.91. The molecule has 2 atom stereocenters. The van der Waals surface area contributed by atoms with E-state index in [9.17, 15) is 0 Å². The molecule has 0 saturated heterocycles.